The van der Waals surface area contributed by atoms with Gasteiger partial charge in [0.05, 0.1) is 0 Å². The van der Waals surface area contributed by atoms with Crippen molar-refractivity contribution in [3.05, 3.63) is 53.3 Å². The quantitative estimate of drug-likeness (QED) is 0.656. The van der Waals surface area contributed by atoms with Gasteiger partial charge >= 0.3 is 0 Å². The Hall–Kier alpha value is -1.37. The lowest BCUT2D eigenvalue weighted by molar-refractivity contribution is 1.03. The summed E-state index contributed by atoms with van der Waals surface area (Å²) in [6.07, 6.45) is 2.89. The minimum atomic E-state index is 0.971. The highest BCUT2D eigenvalue weighted by Crippen LogP contribution is 1.98. The second-order valence-electron chi connectivity index (χ2n) is 3.45. The zero-order chi connectivity index (χ0) is 10.4. The summed E-state index contributed by atoms with van der Waals surface area (Å²) in [7, 11) is 0. The summed E-state index contributed by atoms with van der Waals surface area (Å²) in [6, 6.07) is 10.4. The molecule has 0 atom stereocenters. The van der Waals surface area contributed by atoms with Crippen molar-refractivity contribution in [1.82, 2.24) is 4.98 Å². The molecule has 0 amide bonds. The highest BCUT2D eigenvalue weighted by Gasteiger charge is 1.86. The second kappa shape index (κ2) is 5.38. The van der Waals surface area contributed by atoms with Crippen LogP contribution < -0.4 is 0 Å². The van der Waals surface area contributed by atoms with E-state index < -0.39 is 0 Å². The van der Waals surface area contributed by atoms with Gasteiger partial charge in [-0.2, -0.15) is 0 Å². The molecule has 0 N–H and O–H groups in total. The van der Waals surface area contributed by atoms with Crippen molar-refractivity contribution in [1.29, 1.82) is 0 Å². The molecule has 0 aliphatic carbocycles. The molecule has 0 aliphatic heterocycles. The van der Waals surface area contributed by atoms with E-state index in [0.717, 1.165) is 12.1 Å². The molecular formula is C13H17N. The van der Waals surface area contributed by atoms with Crippen molar-refractivity contribution in [2.45, 2.75) is 27.2 Å². The Morgan fingerprint density at radius 2 is 1.71 bits per heavy atom. The molecule has 0 spiro atoms. The van der Waals surface area contributed by atoms with Crippen molar-refractivity contribution < 1.29 is 0 Å². The van der Waals surface area contributed by atoms with Crippen LogP contribution in [0.15, 0.2) is 36.5 Å². The average Bonchev–Trinajstić information content (AvgIpc) is 2.18. The van der Waals surface area contributed by atoms with Crippen LogP contribution in [0.4, 0.5) is 0 Å². The van der Waals surface area contributed by atoms with E-state index in [1.807, 2.05) is 12.3 Å². The molecule has 1 nitrogen and oxygen atoms in total. The third-order valence-corrected chi connectivity index (χ3v) is 2.02. The maximum Gasteiger partial charge on any atom is 0.0403 e. The summed E-state index contributed by atoms with van der Waals surface area (Å²) in [5, 5.41) is 0. The summed E-state index contributed by atoms with van der Waals surface area (Å²) in [6.45, 7) is 6.27. The van der Waals surface area contributed by atoms with E-state index in [0.29, 0.717) is 0 Å². The highest BCUT2D eigenvalue weighted by molar-refractivity contribution is 5.14. The maximum atomic E-state index is 4.43. The number of hydrogen-bond acceptors (Lipinski definition) is 1. The number of aromatic nitrogens is 1. The molecule has 0 aromatic carbocycles. The second-order valence-corrected chi connectivity index (χ2v) is 3.45. The molecule has 14 heavy (non-hydrogen) atoms. The fourth-order valence-electron chi connectivity index (χ4n) is 1.18. The summed E-state index contributed by atoms with van der Waals surface area (Å²) in [5.41, 5.74) is 3.54. The van der Waals surface area contributed by atoms with E-state index in [4.69, 9.17) is 0 Å². The van der Waals surface area contributed by atoms with Gasteiger partial charge in [0.25, 0.3) is 0 Å². The third kappa shape index (κ3) is 3.56. The third-order valence-electron chi connectivity index (χ3n) is 2.02. The van der Waals surface area contributed by atoms with Crippen LogP contribution in [0.25, 0.3) is 0 Å². The van der Waals surface area contributed by atoms with E-state index in [1.165, 1.54) is 11.1 Å². The summed E-state index contributed by atoms with van der Waals surface area (Å²) in [4.78, 5) is 4.43. The first kappa shape index (κ1) is 10.7. The van der Waals surface area contributed by atoms with Crippen LogP contribution in [0.2, 0.25) is 0 Å². The van der Waals surface area contributed by atoms with Crippen LogP contribution in [-0.4, -0.2) is 4.98 Å². The molecule has 1 aromatic heterocycles. The Balaban J connectivity index is 3.31. The zero-order valence-corrected chi connectivity index (χ0v) is 9.12. The molecule has 0 aliphatic rings. The maximum absolute atomic E-state index is 4.43. The molecule has 1 heteroatoms. The van der Waals surface area contributed by atoms with E-state index in [9.17, 15) is 0 Å². The zero-order valence-electron chi connectivity index (χ0n) is 9.12. The first-order valence-corrected chi connectivity index (χ1v) is 4.99. The Bertz CT molecular complexity index is 354. The standard InChI is InChI=1S/C13H17N/c1-4-13-9-11(2)7-5-6-8-12(3)10-14-13/h5-10H,4H2,1-3H3. The number of aryl methyl sites for hydroxylation is 3. The molecule has 1 rings (SSSR count). The molecule has 0 unspecified atom stereocenters. The molecule has 0 saturated heterocycles. The largest absolute Gasteiger partial charge is 0.261 e. The lowest BCUT2D eigenvalue weighted by Gasteiger charge is -1.93. The molecule has 74 valence electrons. The number of rotatable bonds is 1. The van der Waals surface area contributed by atoms with Gasteiger partial charge in [-0.3, -0.25) is 4.98 Å². The van der Waals surface area contributed by atoms with Crippen molar-refractivity contribution >= 4 is 0 Å². The Labute approximate surface area is 86.2 Å². The molecule has 1 heterocycles. The number of hydrogen-bond donors (Lipinski definition) is 0. The number of nitrogens with zero attached hydrogens (tertiary/aromatic N) is 1. The molecule has 0 radical (unpaired) electrons. The van der Waals surface area contributed by atoms with Crippen molar-refractivity contribution in [2.24, 2.45) is 0 Å². The summed E-state index contributed by atoms with van der Waals surface area (Å²) < 4.78 is 0. The Kier molecular flexibility index (Phi) is 4.11. The van der Waals surface area contributed by atoms with Gasteiger partial charge in [-0.1, -0.05) is 31.2 Å². The molecular weight excluding hydrogens is 170 g/mol. The van der Waals surface area contributed by atoms with E-state index in [2.05, 4.69) is 50.0 Å². The average molecular weight is 187 g/mol. The first-order chi connectivity index (χ1) is 6.72. The first-order valence-electron chi connectivity index (χ1n) is 4.99. The van der Waals surface area contributed by atoms with Crippen LogP contribution in [0.1, 0.15) is 23.7 Å². The monoisotopic (exact) mass is 187 g/mol. The summed E-state index contributed by atoms with van der Waals surface area (Å²) in [5.74, 6) is 0. The molecule has 1 aromatic rings. The smallest absolute Gasteiger partial charge is 0.0403 e. The van der Waals surface area contributed by atoms with Crippen LogP contribution >= 0.6 is 0 Å². The predicted molar refractivity (Wildman–Crippen MR) is 60.7 cm³/mol. The van der Waals surface area contributed by atoms with Crippen LogP contribution in [0, 0.1) is 13.8 Å². The minimum absolute atomic E-state index is 0.971. The molecule has 0 bridgehead atoms. The predicted octanol–water partition coefficient (Wildman–Crippen LogP) is 3.39. The van der Waals surface area contributed by atoms with Gasteiger partial charge in [-0.15, -0.1) is 0 Å². The summed E-state index contributed by atoms with van der Waals surface area (Å²) >= 11 is 0. The van der Waals surface area contributed by atoms with Gasteiger partial charge in [0.2, 0.25) is 0 Å². The van der Waals surface area contributed by atoms with Gasteiger partial charge in [0.1, 0.15) is 0 Å². The lowest BCUT2D eigenvalue weighted by atomic mass is 10.2. The Morgan fingerprint density at radius 3 is 2.36 bits per heavy atom. The van der Waals surface area contributed by atoms with Gasteiger partial charge in [-0.05, 0) is 37.5 Å². The van der Waals surface area contributed by atoms with Crippen LogP contribution in [0.3, 0.4) is 0 Å². The lowest BCUT2D eigenvalue weighted by Crippen LogP contribution is -1.83. The van der Waals surface area contributed by atoms with Gasteiger partial charge in [0, 0.05) is 11.9 Å². The highest BCUT2D eigenvalue weighted by atomic mass is 14.6. The van der Waals surface area contributed by atoms with Crippen LogP contribution in [-0.2, 0) is 6.42 Å². The molecule has 0 saturated carbocycles. The fraction of sp³-hybridized carbons (Fsp3) is 0.308. The van der Waals surface area contributed by atoms with E-state index in [1.54, 1.807) is 0 Å². The normalized spacial score (nSPS) is 9.36. The van der Waals surface area contributed by atoms with Crippen molar-refractivity contribution in [3.8, 4) is 0 Å². The van der Waals surface area contributed by atoms with Crippen molar-refractivity contribution in [3.63, 3.8) is 0 Å². The van der Waals surface area contributed by atoms with E-state index in [-0.39, 0.29) is 0 Å². The van der Waals surface area contributed by atoms with Crippen molar-refractivity contribution in [2.75, 3.05) is 0 Å². The van der Waals surface area contributed by atoms with Gasteiger partial charge in [-0.25, -0.2) is 0 Å². The fourth-order valence-corrected chi connectivity index (χ4v) is 1.18. The Morgan fingerprint density at radius 1 is 1.07 bits per heavy atom. The SMILES string of the molecule is CCc1cc(C)ccccc(C)cn1. The van der Waals surface area contributed by atoms with E-state index >= 15 is 0 Å². The van der Waals surface area contributed by atoms with Gasteiger partial charge in [0.15, 0.2) is 0 Å². The topological polar surface area (TPSA) is 12.9 Å². The van der Waals surface area contributed by atoms with Gasteiger partial charge < -0.3 is 0 Å². The molecule has 0 fully saturated rings. The minimum Gasteiger partial charge on any atom is -0.261 e. The van der Waals surface area contributed by atoms with Crippen LogP contribution in [0.5, 0.6) is 0 Å².